The predicted molar refractivity (Wildman–Crippen MR) is 96.0 cm³/mol. The van der Waals surface area contributed by atoms with Crippen molar-refractivity contribution in [1.29, 1.82) is 0 Å². The number of anilines is 1. The second-order valence-corrected chi connectivity index (χ2v) is 7.80. The van der Waals surface area contributed by atoms with E-state index >= 15 is 0 Å². The highest BCUT2D eigenvalue weighted by Crippen LogP contribution is 2.31. The highest BCUT2D eigenvalue weighted by molar-refractivity contribution is 6.13. The Bertz CT molecular complexity index is 623. The average molecular weight is 312 g/mol. The molecule has 2 aliphatic rings. The summed E-state index contributed by atoms with van der Waals surface area (Å²) in [5.41, 5.74) is 9.88. The van der Waals surface area contributed by atoms with Crippen molar-refractivity contribution in [2.24, 2.45) is 10.9 Å². The van der Waals surface area contributed by atoms with Crippen LogP contribution in [0, 0.1) is 5.92 Å². The second kappa shape index (κ2) is 6.46. The fourth-order valence-electron chi connectivity index (χ4n) is 3.99. The lowest BCUT2D eigenvalue weighted by Gasteiger charge is -2.29. The van der Waals surface area contributed by atoms with Gasteiger partial charge in [0.25, 0.3) is 0 Å². The molecule has 0 amide bonds. The zero-order chi connectivity index (χ0) is 16.4. The molecule has 0 saturated heterocycles. The van der Waals surface area contributed by atoms with Gasteiger partial charge in [-0.15, -0.1) is 0 Å². The largest absolute Gasteiger partial charge is 0.399 e. The maximum absolute atomic E-state index is 12.8. The van der Waals surface area contributed by atoms with Gasteiger partial charge >= 0.3 is 0 Å². The van der Waals surface area contributed by atoms with E-state index in [9.17, 15) is 4.79 Å². The number of Topliss-reactive ketones (excluding diaryl/α,β-unsaturated/α-hetero) is 1. The molecule has 0 radical (unpaired) electrons. The molecule has 1 aliphatic carbocycles. The Balaban J connectivity index is 1.84. The van der Waals surface area contributed by atoms with Gasteiger partial charge in [-0.05, 0) is 50.8 Å². The van der Waals surface area contributed by atoms with Crippen LogP contribution in [-0.2, 0) is 11.2 Å². The van der Waals surface area contributed by atoms with Gasteiger partial charge in [0.2, 0.25) is 0 Å². The van der Waals surface area contributed by atoms with Crippen LogP contribution < -0.4 is 5.73 Å². The highest BCUT2D eigenvalue weighted by Gasteiger charge is 2.29. The molecule has 3 rings (SSSR count). The topological polar surface area (TPSA) is 55.5 Å². The quantitative estimate of drug-likeness (QED) is 0.667. The Kier molecular flexibility index (Phi) is 4.56. The van der Waals surface area contributed by atoms with Gasteiger partial charge in [0.15, 0.2) is 0 Å². The van der Waals surface area contributed by atoms with Crippen LogP contribution in [0.25, 0.3) is 0 Å². The number of nitrogens with two attached hydrogens (primary N) is 1. The highest BCUT2D eigenvalue weighted by atomic mass is 16.1. The molecule has 0 atom stereocenters. The van der Waals surface area contributed by atoms with Crippen LogP contribution in [-0.4, -0.2) is 17.0 Å². The van der Waals surface area contributed by atoms with Gasteiger partial charge in [0, 0.05) is 23.6 Å². The van der Waals surface area contributed by atoms with Crippen molar-refractivity contribution in [3.8, 4) is 0 Å². The number of carbonyl (C=O) groups is 1. The summed E-state index contributed by atoms with van der Waals surface area (Å²) in [5, 5.41) is 0. The Morgan fingerprint density at radius 2 is 1.91 bits per heavy atom. The number of hydrogen-bond donors (Lipinski definition) is 1. The maximum Gasteiger partial charge on any atom is 0.141 e. The third kappa shape index (κ3) is 3.82. The zero-order valence-corrected chi connectivity index (χ0v) is 14.4. The number of rotatable bonds is 3. The normalized spacial score (nSPS) is 21.2. The SMILES string of the molecule is CC1(C)Cc2ccc(N)cc2C(CC(=O)C2CCCCCC2)=N1. The summed E-state index contributed by atoms with van der Waals surface area (Å²) in [6.45, 7) is 4.28. The number of carbonyl (C=O) groups excluding carboxylic acids is 1. The minimum absolute atomic E-state index is 0.137. The molecule has 2 N–H and O–H groups in total. The van der Waals surface area contributed by atoms with Crippen LogP contribution in [0.5, 0.6) is 0 Å². The van der Waals surface area contributed by atoms with Gasteiger partial charge in [-0.25, -0.2) is 0 Å². The number of benzene rings is 1. The summed E-state index contributed by atoms with van der Waals surface area (Å²) in [7, 11) is 0. The minimum Gasteiger partial charge on any atom is -0.399 e. The predicted octanol–water partition coefficient (Wildman–Crippen LogP) is 4.32. The van der Waals surface area contributed by atoms with Crippen molar-refractivity contribution in [1.82, 2.24) is 0 Å². The van der Waals surface area contributed by atoms with Crippen molar-refractivity contribution in [3.05, 3.63) is 29.3 Å². The lowest BCUT2D eigenvalue weighted by molar-refractivity contribution is -0.122. The van der Waals surface area contributed by atoms with E-state index in [0.29, 0.717) is 12.2 Å². The van der Waals surface area contributed by atoms with Gasteiger partial charge in [0.1, 0.15) is 5.78 Å². The molecule has 0 bridgehead atoms. The van der Waals surface area contributed by atoms with E-state index in [1.807, 2.05) is 12.1 Å². The number of nitrogen functional groups attached to an aromatic ring is 1. The Morgan fingerprint density at radius 3 is 2.61 bits per heavy atom. The summed E-state index contributed by atoms with van der Waals surface area (Å²) < 4.78 is 0. The van der Waals surface area contributed by atoms with E-state index in [1.165, 1.54) is 31.2 Å². The molecule has 1 aromatic rings. The summed E-state index contributed by atoms with van der Waals surface area (Å²) >= 11 is 0. The molecule has 3 nitrogen and oxygen atoms in total. The molecule has 1 aliphatic heterocycles. The van der Waals surface area contributed by atoms with E-state index in [1.54, 1.807) is 0 Å². The summed E-state index contributed by atoms with van der Waals surface area (Å²) in [5.74, 6) is 0.603. The Hall–Kier alpha value is -1.64. The summed E-state index contributed by atoms with van der Waals surface area (Å²) in [6, 6.07) is 6.03. The Morgan fingerprint density at radius 1 is 1.22 bits per heavy atom. The van der Waals surface area contributed by atoms with Crippen molar-refractivity contribution in [2.45, 2.75) is 70.8 Å². The first-order valence-electron chi connectivity index (χ1n) is 8.95. The van der Waals surface area contributed by atoms with E-state index in [-0.39, 0.29) is 11.5 Å². The molecule has 0 spiro atoms. The third-order valence-electron chi connectivity index (χ3n) is 5.16. The summed E-state index contributed by atoms with van der Waals surface area (Å²) in [6.07, 6.45) is 8.41. The third-order valence-corrected chi connectivity index (χ3v) is 5.16. The van der Waals surface area contributed by atoms with Gasteiger partial charge < -0.3 is 5.73 Å². The number of aliphatic imine (C=N–C) groups is 1. The smallest absolute Gasteiger partial charge is 0.141 e. The van der Waals surface area contributed by atoms with Crippen LogP contribution in [0.1, 0.15) is 69.9 Å². The van der Waals surface area contributed by atoms with Gasteiger partial charge in [-0.3, -0.25) is 9.79 Å². The van der Waals surface area contributed by atoms with E-state index < -0.39 is 0 Å². The molecule has 3 heteroatoms. The molecule has 0 aromatic heterocycles. The first-order valence-corrected chi connectivity index (χ1v) is 8.95. The Labute approximate surface area is 139 Å². The monoisotopic (exact) mass is 312 g/mol. The average Bonchev–Trinajstić information content (AvgIpc) is 2.76. The first-order chi connectivity index (χ1) is 10.9. The van der Waals surface area contributed by atoms with E-state index in [2.05, 4.69) is 19.9 Å². The molecule has 0 unspecified atom stereocenters. The number of nitrogens with zero attached hydrogens (tertiary/aromatic N) is 1. The molecular formula is C20H28N2O. The van der Waals surface area contributed by atoms with E-state index in [0.717, 1.165) is 36.2 Å². The minimum atomic E-state index is -0.137. The van der Waals surface area contributed by atoms with E-state index in [4.69, 9.17) is 10.7 Å². The first kappa shape index (κ1) is 16.2. The van der Waals surface area contributed by atoms with Gasteiger partial charge in [-0.1, -0.05) is 31.7 Å². The lowest BCUT2D eigenvalue weighted by Crippen LogP contribution is -2.31. The molecule has 1 fully saturated rings. The van der Waals surface area contributed by atoms with Crippen molar-refractivity contribution < 1.29 is 4.79 Å². The van der Waals surface area contributed by atoms with Crippen LogP contribution in [0.4, 0.5) is 5.69 Å². The molecular weight excluding hydrogens is 284 g/mol. The second-order valence-electron chi connectivity index (χ2n) is 7.80. The van der Waals surface area contributed by atoms with Crippen LogP contribution in [0.15, 0.2) is 23.2 Å². The molecule has 1 heterocycles. The van der Waals surface area contributed by atoms with Gasteiger partial charge in [0.05, 0.1) is 11.3 Å². The van der Waals surface area contributed by atoms with Crippen LogP contribution in [0.2, 0.25) is 0 Å². The molecule has 1 saturated carbocycles. The van der Waals surface area contributed by atoms with Crippen molar-refractivity contribution in [2.75, 3.05) is 5.73 Å². The molecule has 1 aromatic carbocycles. The lowest BCUT2D eigenvalue weighted by atomic mass is 9.83. The zero-order valence-electron chi connectivity index (χ0n) is 14.4. The van der Waals surface area contributed by atoms with Crippen molar-refractivity contribution in [3.63, 3.8) is 0 Å². The molecule has 124 valence electrons. The standard InChI is InChI=1S/C20H28N2O/c1-20(2)13-15-9-10-16(21)11-17(15)18(22-20)12-19(23)14-7-5-3-4-6-8-14/h9-11,14H,3-8,12-13,21H2,1-2H3. The fraction of sp³-hybridized carbons (Fsp3) is 0.600. The fourth-order valence-corrected chi connectivity index (χ4v) is 3.99. The maximum atomic E-state index is 12.8. The number of hydrogen-bond acceptors (Lipinski definition) is 3. The molecule has 23 heavy (non-hydrogen) atoms. The van der Waals surface area contributed by atoms with Crippen molar-refractivity contribution >= 4 is 17.2 Å². The number of ketones is 1. The summed E-state index contributed by atoms with van der Waals surface area (Å²) in [4.78, 5) is 17.7. The number of fused-ring (bicyclic) bond motifs is 1. The van der Waals surface area contributed by atoms with Crippen LogP contribution in [0.3, 0.4) is 0 Å². The van der Waals surface area contributed by atoms with Crippen LogP contribution >= 0.6 is 0 Å². The van der Waals surface area contributed by atoms with Gasteiger partial charge in [-0.2, -0.15) is 0 Å².